The summed E-state index contributed by atoms with van der Waals surface area (Å²) in [5.41, 5.74) is 9.19. The molecule has 5 N–H and O–H groups in total. The Labute approximate surface area is 143 Å². The third-order valence-corrected chi connectivity index (χ3v) is 4.24. The number of amidine groups is 1. The number of phenols is 1. The van der Waals surface area contributed by atoms with Crippen molar-refractivity contribution in [3.05, 3.63) is 47.1 Å². The second-order valence-corrected chi connectivity index (χ2v) is 5.72. The van der Waals surface area contributed by atoms with Crippen molar-refractivity contribution < 1.29 is 10.3 Å². The van der Waals surface area contributed by atoms with E-state index in [1.807, 2.05) is 6.92 Å². The Kier molecular flexibility index (Phi) is 3.94. The van der Waals surface area contributed by atoms with Crippen molar-refractivity contribution in [3.63, 3.8) is 0 Å². The predicted molar refractivity (Wildman–Crippen MR) is 92.4 cm³/mol. The Morgan fingerprint density at radius 3 is 2.50 bits per heavy atom. The van der Waals surface area contributed by atoms with Crippen molar-refractivity contribution in [2.24, 2.45) is 17.9 Å². The smallest absolute Gasteiger partial charge is 0.187 e. The van der Waals surface area contributed by atoms with E-state index < -0.39 is 0 Å². The molecule has 0 aliphatic heterocycles. The molecule has 0 aliphatic rings. The number of aryl methyl sites for hydroxylation is 1. The first kappa shape index (κ1) is 15.9. The number of aromatic amines is 1. The van der Waals surface area contributed by atoms with Crippen LogP contribution >= 0.6 is 11.6 Å². The van der Waals surface area contributed by atoms with Crippen molar-refractivity contribution >= 4 is 17.4 Å². The molecule has 2 aromatic heterocycles. The summed E-state index contributed by atoms with van der Waals surface area (Å²) in [5.74, 6) is 0.820. The highest BCUT2D eigenvalue weighted by atomic mass is 35.5. The molecule has 0 fully saturated rings. The molecule has 7 nitrogen and oxygen atoms in total. The van der Waals surface area contributed by atoms with Crippen molar-refractivity contribution in [1.29, 1.82) is 0 Å². The van der Waals surface area contributed by atoms with E-state index in [0.717, 1.165) is 11.4 Å². The lowest BCUT2D eigenvalue weighted by atomic mass is 10.0. The summed E-state index contributed by atoms with van der Waals surface area (Å²) in [4.78, 5) is 7.37. The largest absolute Gasteiger partial charge is 0.508 e. The van der Waals surface area contributed by atoms with Crippen molar-refractivity contribution in [3.8, 4) is 28.1 Å². The molecule has 0 amide bonds. The van der Waals surface area contributed by atoms with Crippen LogP contribution in [0.5, 0.6) is 5.75 Å². The monoisotopic (exact) mass is 345 g/mol. The molecule has 8 heteroatoms. The van der Waals surface area contributed by atoms with E-state index in [-0.39, 0.29) is 11.6 Å². The van der Waals surface area contributed by atoms with Gasteiger partial charge in [0.1, 0.15) is 16.7 Å². The van der Waals surface area contributed by atoms with Gasteiger partial charge in [0, 0.05) is 18.2 Å². The van der Waals surface area contributed by atoms with Crippen molar-refractivity contribution in [2.45, 2.75) is 6.92 Å². The summed E-state index contributed by atoms with van der Waals surface area (Å²) in [6.45, 7) is 1.83. The van der Waals surface area contributed by atoms with Crippen LogP contribution in [0.25, 0.3) is 22.4 Å². The van der Waals surface area contributed by atoms with Gasteiger partial charge in [0.25, 0.3) is 0 Å². The van der Waals surface area contributed by atoms with Gasteiger partial charge >= 0.3 is 0 Å². The SMILES string of the molecule is Cc1ncc(-c2c(-c3ccc(O)cc3)c(Cl)n(C)c2C(N)=NO)[nH]1. The van der Waals surface area contributed by atoms with Gasteiger partial charge in [0.05, 0.1) is 17.6 Å². The van der Waals surface area contributed by atoms with Crippen LogP contribution in [-0.4, -0.2) is 30.7 Å². The molecule has 24 heavy (non-hydrogen) atoms. The fraction of sp³-hybridized carbons (Fsp3) is 0.125. The molecular formula is C16H16ClN5O2. The second-order valence-electron chi connectivity index (χ2n) is 5.36. The highest BCUT2D eigenvalue weighted by Gasteiger charge is 2.26. The highest BCUT2D eigenvalue weighted by molar-refractivity contribution is 6.34. The molecule has 0 atom stereocenters. The third-order valence-electron chi connectivity index (χ3n) is 3.80. The molecule has 0 radical (unpaired) electrons. The number of hydrogen-bond donors (Lipinski definition) is 4. The first-order valence-electron chi connectivity index (χ1n) is 7.11. The highest BCUT2D eigenvalue weighted by Crippen LogP contribution is 2.41. The quantitative estimate of drug-likeness (QED) is 0.253. The number of nitrogens with zero attached hydrogens (tertiary/aromatic N) is 3. The van der Waals surface area contributed by atoms with Gasteiger partial charge in [0.2, 0.25) is 0 Å². The zero-order valence-corrected chi connectivity index (χ0v) is 13.8. The molecule has 124 valence electrons. The van der Waals surface area contributed by atoms with E-state index in [9.17, 15) is 5.11 Å². The molecule has 1 aromatic carbocycles. The van der Waals surface area contributed by atoms with Crippen LogP contribution in [0.15, 0.2) is 35.6 Å². The first-order chi connectivity index (χ1) is 11.4. The number of aromatic nitrogens is 3. The molecule has 3 rings (SSSR count). The maximum atomic E-state index is 9.52. The number of hydrogen-bond acceptors (Lipinski definition) is 4. The van der Waals surface area contributed by atoms with Crippen LogP contribution in [0.4, 0.5) is 0 Å². The lowest BCUT2D eigenvalue weighted by molar-refractivity contribution is 0.318. The lowest BCUT2D eigenvalue weighted by Gasteiger charge is -2.06. The minimum Gasteiger partial charge on any atom is -0.508 e. The molecule has 0 saturated carbocycles. The average molecular weight is 346 g/mol. The van der Waals surface area contributed by atoms with Gasteiger partial charge < -0.3 is 25.6 Å². The molecule has 3 aromatic rings. The molecule has 0 bridgehead atoms. The van der Waals surface area contributed by atoms with E-state index in [1.54, 1.807) is 42.1 Å². The van der Waals surface area contributed by atoms with Crippen LogP contribution in [0.1, 0.15) is 11.5 Å². The van der Waals surface area contributed by atoms with E-state index in [1.165, 1.54) is 0 Å². The molecule has 0 unspecified atom stereocenters. The third kappa shape index (κ3) is 2.48. The van der Waals surface area contributed by atoms with Gasteiger partial charge in [-0.2, -0.15) is 0 Å². The molecule has 0 spiro atoms. The van der Waals surface area contributed by atoms with E-state index in [2.05, 4.69) is 15.1 Å². The van der Waals surface area contributed by atoms with Gasteiger partial charge in [-0.15, -0.1) is 0 Å². The zero-order valence-electron chi connectivity index (χ0n) is 13.1. The predicted octanol–water partition coefficient (Wildman–Crippen LogP) is 2.84. The Hall–Kier alpha value is -2.93. The molecule has 0 saturated heterocycles. The fourth-order valence-electron chi connectivity index (χ4n) is 2.70. The standard InChI is InChI=1S/C16H16ClN5O2/c1-8-19-7-11(20-8)13-12(9-3-5-10(23)6-4-9)15(17)22(2)14(13)16(18)21-24/h3-7,23-24H,1-2H3,(H2,18,21)(H,19,20). The first-order valence-corrected chi connectivity index (χ1v) is 7.49. The van der Waals surface area contributed by atoms with Crippen molar-refractivity contribution in [2.75, 3.05) is 0 Å². The molecule has 0 aliphatic carbocycles. The summed E-state index contributed by atoms with van der Waals surface area (Å²) >= 11 is 6.53. The number of nitrogens with one attached hydrogen (secondary N) is 1. The molecular weight excluding hydrogens is 330 g/mol. The van der Waals surface area contributed by atoms with Crippen LogP contribution in [-0.2, 0) is 7.05 Å². The van der Waals surface area contributed by atoms with Gasteiger partial charge in [-0.25, -0.2) is 4.98 Å². The number of aromatic hydroxyl groups is 1. The van der Waals surface area contributed by atoms with E-state index in [4.69, 9.17) is 22.5 Å². The number of benzene rings is 1. The number of H-pyrrole nitrogens is 1. The average Bonchev–Trinajstić information content (AvgIpc) is 3.10. The summed E-state index contributed by atoms with van der Waals surface area (Å²) in [5, 5.41) is 22.2. The number of phenolic OH excluding ortho intramolecular Hbond substituents is 1. The van der Waals surface area contributed by atoms with E-state index >= 15 is 0 Å². The summed E-state index contributed by atoms with van der Waals surface area (Å²) in [7, 11) is 1.73. The van der Waals surface area contributed by atoms with Crippen LogP contribution in [0, 0.1) is 6.92 Å². The topological polar surface area (TPSA) is 112 Å². The number of rotatable bonds is 3. The van der Waals surface area contributed by atoms with Crippen LogP contribution in [0.3, 0.4) is 0 Å². The lowest BCUT2D eigenvalue weighted by Crippen LogP contribution is -2.18. The van der Waals surface area contributed by atoms with Crippen molar-refractivity contribution in [1.82, 2.24) is 14.5 Å². The second kappa shape index (κ2) is 5.93. The normalized spacial score (nSPS) is 11.9. The van der Waals surface area contributed by atoms with Gasteiger partial charge in [-0.3, -0.25) is 0 Å². The number of oxime groups is 1. The maximum Gasteiger partial charge on any atom is 0.187 e. The Morgan fingerprint density at radius 1 is 1.29 bits per heavy atom. The van der Waals surface area contributed by atoms with Gasteiger partial charge in [0.15, 0.2) is 5.84 Å². The zero-order chi connectivity index (χ0) is 17.4. The summed E-state index contributed by atoms with van der Waals surface area (Å²) in [6.07, 6.45) is 1.67. The van der Waals surface area contributed by atoms with Gasteiger partial charge in [-0.05, 0) is 24.6 Å². The number of nitrogens with two attached hydrogens (primary N) is 1. The van der Waals surface area contributed by atoms with E-state index in [0.29, 0.717) is 27.7 Å². The Morgan fingerprint density at radius 2 is 1.96 bits per heavy atom. The summed E-state index contributed by atoms with van der Waals surface area (Å²) < 4.78 is 1.64. The number of halogens is 1. The van der Waals surface area contributed by atoms with Gasteiger partial charge in [-0.1, -0.05) is 28.9 Å². The van der Waals surface area contributed by atoms with Crippen LogP contribution < -0.4 is 5.73 Å². The number of imidazole rings is 1. The molecule has 2 heterocycles. The maximum absolute atomic E-state index is 9.52. The fourth-order valence-corrected chi connectivity index (χ4v) is 2.99. The summed E-state index contributed by atoms with van der Waals surface area (Å²) in [6, 6.07) is 6.65. The minimum absolute atomic E-state index is 0.0633. The Bertz CT molecular complexity index is 925. The minimum atomic E-state index is -0.0633. The van der Waals surface area contributed by atoms with Crippen LogP contribution in [0.2, 0.25) is 5.15 Å². The Balaban J connectivity index is 2.38.